The van der Waals surface area contributed by atoms with Gasteiger partial charge in [0, 0.05) is 37.9 Å². The van der Waals surface area contributed by atoms with Gasteiger partial charge >= 0.3 is 6.09 Å². The molecule has 1 atom stereocenters. The van der Waals surface area contributed by atoms with E-state index < -0.39 is 5.60 Å². The van der Waals surface area contributed by atoms with Crippen molar-refractivity contribution in [3.05, 3.63) is 22.2 Å². The number of ether oxygens (including phenoxy) is 1. The van der Waals surface area contributed by atoms with Crippen LogP contribution in [0.3, 0.4) is 0 Å². The lowest BCUT2D eigenvalue weighted by atomic mass is 10.1. The van der Waals surface area contributed by atoms with Crippen LogP contribution in [0.15, 0.2) is 6.20 Å². The minimum absolute atomic E-state index is 0.141. The number of likely N-dealkylation sites (tertiary alicyclic amines) is 1. The van der Waals surface area contributed by atoms with Gasteiger partial charge in [-0.1, -0.05) is 11.6 Å². The second-order valence-electron chi connectivity index (χ2n) is 6.67. The van der Waals surface area contributed by atoms with Crippen molar-refractivity contribution in [3.8, 4) is 0 Å². The molecule has 128 valence electrons. The molecule has 1 unspecified atom stereocenters. The van der Waals surface area contributed by atoms with E-state index in [-0.39, 0.29) is 11.4 Å². The predicted molar refractivity (Wildman–Crippen MR) is 89.7 cm³/mol. The van der Waals surface area contributed by atoms with Crippen molar-refractivity contribution in [1.82, 2.24) is 20.2 Å². The topological polar surface area (TPSA) is 67.3 Å². The van der Waals surface area contributed by atoms with Gasteiger partial charge in [0.05, 0.1) is 0 Å². The largest absolute Gasteiger partial charge is 0.444 e. The number of carbonyl (C=O) groups excluding carboxylic acids is 1. The molecule has 1 aromatic rings. The Kier molecular flexibility index (Phi) is 6.06. The zero-order chi connectivity index (χ0) is 17.0. The van der Waals surface area contributed by atoms with E-state index in [1.165, 1.54) is 0 Å². The van der Waals surface area contributed by atoms with E-state index in [0.29, 0.717) is 24.2 Å². The van der Waals surface area contributed by atoms with Crippen LogP contribution in [0.1, 0.15) is 32.8 Å². The molecule has 0 aliphatic carbocycles. The first-order chi connectivity index (χ1) is 10.7. The summed E-state index contributed by atoms with van der Waals surface area (Å²) in [4.78, 5) is 21.6. The lowest BCUT2D eigenvalue weighted by molar-refractivity contribution is 0.0288. The summed E-state index contributed by atoms with van der Waals surface area (Å²) >= 11 is 11.7. The molecule has 1 aromatic heterocycles. The third kappa shape index (κ3) is 5.79. The minimum atomic E-state index is -0.460. The van der Waals surface area contributed by atoms with Gasteiger partial charge < -0.3 is 15.0 Å². The highest BCUT2D eigenvalue weighted by Crippen LogP contribution is 2.19. The summed E-state index contributed by atoms with van der Waals surface area (Å²) in [5.41, 5.74) is 0.344. The average Bonchev–Trinajstić information content (AvgIpc) is 2.88. The van der Waals surface area contributed by atoms with Crippen LogP contribution in [0.2, 0.25) is 10.4 Å². The second-order valence-corrected chi connectivity index (χ2v) is 7.36. The zero-order valence-electron chi connectivity index (χ0n) is 13.6. The first kappa shape index (κ1) is 18.2. The van der Waals surface area contributed by atoms with Gasteiger partial charge in [-0.05, 0) is 44.7 Å². The van der Waals surface area contributed by atoms with Crippen molar-refractivity contribution in [1.29, 1.82) is 0 Å². The van der Waals surface area contributed by atoms with Crippen LogP contribution in [0.5, 0.6) is 0 Å². The number of nitrogens with zero attached hydrogens (tertiary/aromatic N) is 3. The highest BCUT2D eigenvalue weighted by Gasteiger charge is 2.29. The van der Waals surface area contributed by atoms with E-state index in [9.17, 15) is 4.79 Å². The number of rotatable bonds is 4. The van der Waals surface area contributed by atoms with Crippen LogP contribution in [0.25, 0.3) is 0 Å². The molecule has 1 aliphatic rings. The Morgan fingerprint density at radius 1 is 1.48 bits per heavy atom. The van der Waals surface area contributed by atoms with Crippen LogP contribution in [0, 0.1) is 5.92 Å². The van der Waals surface area contributed by atoms with Gasteiger partial charge in [-0.25, -0.2) is 14.8 Å². The fourth-order valence-electron chi connectivity index (χ4n) is 2.39. The molecule has 0 spiro atoms. The van der Waals surface area contributed by atoms with Gasteiger partial charge in [0.25, 0.3) is 0 Å². The molecular formula is C15H22Cl2N4O2. The van der Waals surface area contributed by atoms with Gasteiger partial charge in [0.1, 0.15) is 10.8 Å². The van der Waals surface area contributed by atoms with Crippen LogP contribution in [0.4, 0.5) is 4.79 Å². The van der Waals surface area contributed by atoms with Crippen molar-refractivity contribution >= 4 is 29.3 Å². The van der Waals surface area contributed by atoms with Crippen molar-refractivity contribution in [2.75, 3.05) is 19.6 Å². The molecule has 23 heavy (non-hydrogen) atoms. The number of nitrogens with one attached hydrogen (secondary N) is 1. The van der Waals surface area contributed by atoms with Crippen molar-refractivity contribution in [3.63, 3.8) is 0 Å². The summed E-state index contributed by atoms with van der Waals surface area (Å²) in [5, 5.41) is 3.83. The fourth-order valence-corrected chi connectivity index (χ4v) is 2.76. The third-order valence-corrected chi connectivity index (χ3v) is 3.98. The van der Waals surface area contributed by atoms with E-state index in [1.807, 2.05) is 20.8 Å². The third-order valence-electron chi connectivity index (χ3n) is 3.47. The molecule has 0 saturated carbocycles. The zero-order valence-corrected chi connectivity index (χ0v) is 15.1. The Morgan fingerprint density at radius 3 is 2.87 bits per heavy atom. The molecule has 1 N–H and O–H groups in total. The van der Waals surface area contributed by atoms with E-state index in [0.717, 1.165) is 25.1 Å². The SMILES string of the molecule is CC(C)(C)OC(=O)N1CCC(CNCc2cnc(Cl)nc2Cl)C1. The van der Waals surface area contributed by atoms with Crippen LogP contribution in [-0.4, -0.2) is 46.2 Å². The molecule has 0 bridgehead atoms. The normalized spacial score (nSPS) is 18.3. The summed E-state index contributed by atoms with van der Waals surface area (Å²) in [5.74, 6) is 0.398. The smallest absolute Gasteiger partial charge is 0.410 e. The van der Waals surface area contributed by atoms with Gasteiger partial charge in [0.15, 0.2) is 0 Å². The van der Waals surface area contributed by atoms with E-state index >= 15 is 0 Å². The first-order valence-corrected chi connectivity index (χ1v) is 8.36. The molecular weight excluding hydrogens is 339 g/mol. The van der Waals surface area contributed by atoms with Gasteiger partial charge in [-0.15, -0.1) is 0 Å². The summed E-state index contributed by atoms with van der Waals surface area (Å²) in [6.07, 6.45) is 2.33. The summed E-state index contributed by atoms with van der Waals surface area (Å²) < 4.78 is 5.39. The quantitative estimate of drug-likeness (QED) is 0.659. The number of amides is 1. The molecule has 0 radical (unpaired) electrons. The fraction of sp³-hybridized carbons (Fsp3) is 0.667. The van der Waals surface area contributed by atoms with E-state index in [4.69, 9.17) is 27.9 Å². The average molecular weight is 361 g/mol. The molecule has 0 aromatic carbocycles. The maximum absolute atomic E-state index is 12.0. The summed E-state index contributed by atoms with van der Waals surface area (Å²) in [6.45, 7) is 8.41. The van der Waals surface area contributed by atoms with Crippen LogP contribution >= 0.6 is 23.2 Å². The Labute approximate surface area is 146 Å². The number of carbonyl (C=O) groups is 1. The van der Waals surface area contributed by atoms with Gasteiger partial charge in [-0.3, -0.25) is 0 Å². The lowest BCUT2D eigenvalue weighted by Crippen LogP contribution is -2.36. The second kappa shape index (κ2) is 7.64. The molecule has 1 aliphatic heterocycles. The molecule has 2 heterocycles. The minimum Gasteiger partial charge on any atom is -0.444 e. The van der Waals surface area contributed by atoms with E-state index in [2.05, 4.69) is 15.3 Å². The monoisotopic (exact) mass is 360 g/mol. The molecule has 2 rings (SSSR count). The van der Waals surface area contributed by atoms with Gasteiger partial charge in [-0.2, -0.15) is 0 Å². The number of hydrogen-bond donors (Lipinski definition) is 1. The molecule has 8 heteroatoms. The summed E-state index contributed by atoms with van der Waals surface area (Å²) in [7, 11) is 0. The number of hydrogen-bond acceptors (Lipinski definition) is 5. The highest BCUT2D eigenvalue weighted by atomic mass is 35.5. The number of aromatic nitrogens is 2. The molecule has 1 fully saturated rings. The molecule has 6 nitrogen and oxygen atoms in total. The first-order valence-electron chi connectivity index (χ1n) is 7.60. The standard InChI is InChI=1S/C15H22Cl2N4O2/c1-15(2,3)23-14(22)21-5-4-10(9-21)6-18-7-11-8-19-13(17)20-12(11)16/h8,10,18H,4-7,9H2,1-3H3. The Bertz CT molecular complexity index is 563. The predicted octanol–water partition coefficient (Wildman–Crippen LogP) is 3.13. The van der Waals surface area contributed by atoms with Crippen molar-refractivity contribution in [2.24, 2.45) is 5.92 Å². The summed E-state index contributed by atoms with van der Waals surface area (Å²) in [6, 6.07) is 0. The molecule has 1 saturated heterocycles. The maximum atomic E-state index is 12.0. The van der Waals surface area contributed by atoms with Crippen LogP contribution in [-0.2, 0) is 11.3 Å². The maximum Gasteiger partial charge on any atom is 0.410 e. The van der Waals surface area contributed by atoms with Gasteiger partial charge in [0.2, 0.25) is 5.28 Å². The number of halogens is 2. The Hall–Kier alpha value is -1.11. The lowest BCUT2D eigenvalue weighted by Gasteiger charge is -2.24. The van der Waals surface area contributed by atoms with Crippen molar-refractivity contribution in [2.45, 2.75) is 39.3 Å². The van der Waals surface area contributed by atoms with E-state index in [1.54, 1.807) is 11.1 Å². The molecule has 1 amide bonds. The Balaban J connectivity index is 1.74. The van der Waals surface area contributed by atoms with Crippen LogP contribution < -0.4 is 5.32 Å². The highest BCUT2D eigenvalue weighted by molar-refractivity contribution is 6.32. The Morgan fingerprint density at radius 2 is 2.22 bits per heavy atom. The van der Waals surface area contributed by atoms with Crippen molar-refractivity contribution < 1.29 is 9.53 Å².